The molecule has 0 saturated heterocycles. The van der Waals surface area contributed by atoms with Gasteiger partial charge in [0.05, 0.1) is 11.6 Å². The molecule has 1 N–H and O–H groups in total. The zero-order chi connectivity index (χ0) is 10.4. The molecule has 1 rings (SSSR count). The Labute approximate surface area is 85.6 Å². The molecular weight excluding hydrogens is 172 g/mol. The maximum atomic E-state index is 8.76. The molecule has 14 heavy (non-hydrogen) atoms. The van der Waals surface area contributed by atoms with E-state index in [-0.39, 0.29) is 0 Å². The number of benzene rings is 1. The molecule has 0 heterocycles. The van der Waals surface area contributed by atoms with Crippen LogP contribution in [-0.4, -0.2) is 6.54 Å². The lowest BCUT2D eigenvalue weighted by atomic mass is 10.1. The van der Waals surface area contributed by atoms with E-state index in [1.165, 1.54) is 5.56 Å². The fraction of sp³-hybridized carbons (Fsp3) is 0.417. The second kappa shape index (κ2) is 5.41. The first-order chi connectivity index (χ1) is 6.77. The van der Waals surface area contributed by atoms with Crippen molar-refractivity contribution in [1.29, 1.82) is 5.26 Å². The molecule has 0 radical (unpaired) electrons. The van der Waals surface area contributed by atoms with Crippen molar-refractivity contribution in [3.63, 3.8) is 0 Å². The summed E-state index contributed by atoms with van der Waals surface area (Å²) in [5.74, 6) is 0. The quantitative estimate of drug-likeness (QED) is 0.736. The van der Waals surface area contributed by atoms with Crippen LogP contribution < -0.4 is 5.32 Å². The molecule has 2 heteroatoms. The summed E-state index contributed by atoms with van der Waals surface area (Å²) >= 11 is 0. The Bertz CT molecular complexity index is 337. The van der Waals surface area contributed by atoms with Gasteiger partial charge in [0.15, 0.2) is 0 Å². The number of nitrogens with zero attached hydrogens (tertiary/aromatic N) is 1. The third kappa shape index (κ3) is 2.86. The van der Waals surface area contributed by atoms with Crippen molar-refractivity contribution >= 4 is 0 Å². The summed E-state index contributed by atoms with van der Waals surface area (Å²) in [6.07, 6.45) is 1.15. The van der Waals surface area contributed by atoms with E-state index in [0.717, 1.165) is 30.6 Å². The van der Waals surface area contributed by atoms with Gasteiger partial charge in [0.2, 0.25) is 0 Å². The molecule has 0 amide bonds. The van der Waals surface area contributed by atoms with Gasteiger partial charge in [0, 0.05) is 6.54 Å². The Balaban J connectivity index is 2.63. The minimum absolute atomic E-state index is 0.768. The number of aryl methyl sites for hydroxylation is 1. The van der Waals surface area contributed by atoms with Crippen LogP contribution in [0, 0.1) is 18.3 Å². The molecule has 0 bridgehead atoms. The summed E-state index contributed by atoms with van der Waals surface area (Å²) in [7, 11) is 0. The average Bonchev–Trinajstić information content (AvgIpc) is 2.18. The fourth-order valence-corrected chi connectivity index (χ4v) is 1.37. The summed E-state index contributed by atoms with van der Waals surface area (Å²) in [5.41, 5.74) is 3.07. The summed E-state index contributed by atoms with van der Waals surface area (Å²) in [6.45, 7) is 6.05. The Kier molecular flexibility index (Phi) is 4.15. The zero-order valence-electron chi connectivity index (χ0n) is 8.80. The highest BCUT2D eigenvalue weighted by Crippen LogP contribution is 2.09. The standard InChI is InChI=1S/C12H16N2/c1-3-6-14-9-11-4-5-12(8-13)10(2)7-11/h4-5,7,14H,3,6,9H2,1-2H3. The Morgan fingerprint density at radius 1 is 1.43 bits per heavy atom. The molecule has 0 atom stereocenters. The van der Waals surface area contributed by atoms with Crippen LogP contribution in [0.3, 0.4) is 0 Å². The van der Waals surface area contributed by atoms with Crippen LogP contribution in [0.4, 0.5) is 0 Å². The van der Waals surface area contributed by atoms with Gasteiger partial charge in [-0.05, 0) is 37.1 Å². The predicted octanol–water partition coefficient (Wildman–Crippen LogP) is 2.37. The second-order valence-corrected chi connectivity index (χ2v) is 3.44. The van der Waals surface area contributed by atoms with Crippen molar-refractivity contribution < 1.29 is 0 Å². The van der Waals surface area contributed by atoms with E-state index < -0.39 is 0 Å². The molecule has 1 aromatic rings. The van der Waals surface area contributed by atoms with E-state index in [1.807, 2.05) is 19.1 Å². The summed E-state index contributed by atoms with van der Waals surface area (Å²) < 4.78 is 0. The molecular formula is C12H16N2. The Morgan fingerprint density at radius 2 is 2.21 bits per heavy atom. The Hall–Kier alpha value is -1.33. The lowest BCUT2D eigenvalue weighted by Gasteiger charge is -2.05. The minimum Gasteiger partial charge on any atom is -0.313 e. The van der Waals surface area contributed by atoms with Gasteiger partial charge < -0.3 is 5.32 Å². The van der Waals surface area contributed by atoms with Gasteiger partial charge >= 0.3 is 0 Å². The van der Waals surface area contributed by atoms with Gasteiger partial charge in [-0.2, -0.15) is 5.26 Å². The predicted molar refractivity (Wildman–Crippen MR) is 57.9 cm³/mol. The normalized spacial score (nSPS) is 9.79. The second-order valence-electron chi connectivity index (χ2n) is 3.44. The molecule has 0 aliphatic heterocycles. The van der Waals surface area contributed by atoms with Gasteiger partial charge in [-0.15, -0.1) is 0 Å². The number of nitriles is 1. The van der Waals surface area contributed by atoms with Gasteiger partial charge in [0.25, 0.3) is 0 Å². The van der Waals surface area contributed by atoms with Gasteiger partial charge in [0.1, 0.15) is 0 Å². The van der Waals surface area contributed by atoms with Crippen molar-refractivity contribution in [3.05, 3.63) is 34.9 Å². The van der Waals surface area contributed by atoms with Crippen LogP contribution >= 0.6 is 0 Å². The van der Waals surface area contributed by atoms with Crippen LogP contribution in [0.1, 0.15) is 30.0 Å². The first kappa shape index (κ1) is 10.7. The maximum Gasteiger partial charge on any atom is 0.0994 e. The first-order valence-corrected chi connectivity index (χ1v) is 4.98. The van der Waals surface area contributed by atoms with Crippen molar-refractivity contribution in [2.24, 2.45) is 0 Å². The van der Waals surface area contributed by atoms with E-state index in [1.54, 1.807) is 0 Å². The van der Waals surface area contributed by atoms with Gasteiger partial charge in [-0.1, -0.05) is 19.1 Å². The number of hydrogen-bond acceptors (Lipinski definition) is 2. The lowest BCUT2D eigenvalue weighted by Crippen LogP contribution is -2.13. The Morgan fingerprint density at radius 3 is 2.79 bits per heavy atom. The molecule has 0 aromatic heterocycles. The molecule has 1 aromatic carbocycles. The topological polar surface area (TPSA) is 35.8 Å². The molecule has 0 fully saturated rings. The highest BCUT2D eigenvalue weighted by atomic mass is 14.8. The van der Waals surface area contributed by atoms with Crippen molar-refractivity contribution in [3.8, 4) is 6.07 Å². The van der Waals surface area contributed by atoms with Gasteiger partial charge in [-0.3, -0.25) is 0 Å². The highest BCUT2D eigenvalue weighted by Gasteiger charge is 1.98. The molecule has 74 valence electrons. The van der Waals surface area contributed by atoms with E-state index in [4.69, 9.17) is 5.26 Å². The van der Waals surface area contributed by atoms with Crippen LogP contribution in [0.2, 0.25) is 0 Å². The van der Waals surface area contributed by atoms with E-state index >= 15 is 0 Å². The number of rotatable bonds is 4. The molecule has 0 aliphatic carbocycles. The molecule has 0 unspecified atom stereocenters. The molecule has 0 spiro atoms. The summed E-state index contributed by atoms with van der Waals surface area (Å²) in [6, 6.07) is 8.14. The molecule has 0 aliphatic rings. The third-order valence-electron chi connectivity index (χ3n) is 2.17. The number of nitrogens with one attached hydrogen (secondary N) is 1. The largest absolute Gasteiger partial charge is 0.313 e. The van der Waals surface area contributed by atoms with Crippen LogP contribution in [0.25, 0.3) is 0 Å². The van der Waals surface area contributed by atoms with E-state index in [9.17, 15) is 0 Å². The third-order valence-corrected chi connectivity index (χ3v) is 2.17. The lowest BCUT2D eigenvalue weighted by molar-refractivity contribution is 0.675. The smallest absolute Gasteiger partial charge is 0.0994 e. The average molecular weight is 188 g/mol. The minimum atomic E-state index is 0.768. The monoisotopic (exact) mass is 188 g/mol. The number of hydrogen-bond donors (Lipinski definition) is 1. The maximum absolute atomic E-state index is 8.76. The van der Waals surface area contributed by atoms with Crippen molar-refractivity contribution in [2.45, 2.75) is 26.8 Å². The van der Waals surface area contributed by atoms with Crippen molar-refractivity contribution in [2.75, 3.05) is 6.54 Å². The van der Waals surface area contributed by atoms with E-state index in [2.05, 4.69) is 24.4 Å². The van der Waals surface area contributed by atoms with Gasteiger partial charge in [-0.25, -0.2) is 0 Å². The zero-order valence-corrected chi connectivity index (χ0v) is 8.80. The van der Waals surface area contributed by atoms with Crippen molar-refractivity contribution in [1.82, 2.24) is 5.32 Å². The molecule has 0 saturated carbocycles. The summed E-state index contributed by atoms with van der Waals surface area (Å²) in [5, 5.41) is 12.1. The fourth-order valence-electron chi connectivity index (χ4n) is 1.37. The first-order valence-electron chi connectivity index (χ1n) is 4.98. The molecule has 2 nitrogen and oxygen atoms in total. The van der Waals surface area contributed by atoms with Crippen LogP contribution in [0.5, 0.6) is 0 Å². The van der Waals surface area contributed by atoms with E-state index in [0.29, 0.717) is 0 Å². The summed E-state index contributed by atoms with van der Waals surface area (Å²) in [4.78, 5) is 0. The SMILES string of the molecule is CCCNCc1ccc(C#N)c(C)c1. The highest BCUT2D eigenvalue weighted by molar-refractivity contribution is 5.39. The van der Waals surface area contributed by atoms with Crippen LogP contribution in [-0.2, 0) is 6.54 Å². The van der Waals surface area contributed by atoms with Crippen LogP contribution in [0.15, 0.2) is 18.2 Å².